The number of thioether (sulfide) groups is 1. The van der Waals surface area contributed by atoms with Gasteiger partial charge in [-0.25, -0.2) is 4.98 Å². The number of esters is 1. The Labute approximate surface area is 140 Å². The van der Waals surface area contributed by atoms with Crippen molar-refractivity contribution in [1.29, 1.82) is 0 Å². The van der Waals surface area contributed by atoms with Crippen LogP contribution in [0.5, 0.6) is 0 Å². The molecule has 1 aromatic carbocycles. The number of rotatable bonds is 4. The highest BCUT2D eigenvalue weighted by Gasteiger charge is 2.20. The van der Waals surface area contributed by atoms with Gasteiger partial charge < -0.3 is 4.74 Å². The second-order valence-electron chi connectivity index (χ2n) is 4.79. The van der Waals surface area contributed by atoms with Crippen LogP contribution in [0.2, 0.25) is 0 Å². The first-order valence-corrected chi connectivity index (χ1v) is 8.68. The monoisotopic (exact) mass is 346 g/mol. The Hall–Kier alpha value is -2.12. The van der Waals surface area contributed by atoms with Crippen LogP contribution < -0.4 is 5.56 Å². The van der Waals surface area contributed by atoms with E-state index >= 15 is 0 Å². The molecule has 23 heavy (non-hydrogen) atoms. The number of fused-ring (bicyclic) bond motifs is 1. The van der Waals surface area contributed by atoms with Crippen molar-refractivity contribution in [3.63, 3.8) is 0 Å². The molecule has 7 heteroatoms. The average Bonchev–Trinajstić information content (AvgIpc) is 3.03. The normalized spacial score (nSPS) is 12.3. The number of nitrogens with zero attached hydrogens (tertiary/aromatic N) is 2. The number of carbonyl (C=O) groups excluding carboxylic acids is 1. The molecule has 0 bridgehead atoms. The number of para-hydroxylation sites is 1. The SMILES string of the molecule is COC(=O)[C@H](C)Sc1nc2sccc2c(=O)n1-c1ccccc1. The maximum Gasteiger partial charge on any atom is 0.318 e. The molecule has 0 aliphatic carbocycles. The standard InChI is InChI=1S/C16H14N2O3S2/c1-10(15(20)21-2)23-16-17-13-12(8-9-22-13)14(19)18(16)11-6-4-3-5-7-11/h3-10H,1-2H3/t10-/m0/s1. The molecule has 0 spiro atoms. The predicted octanol–water partition coefficient (Wildman–Crippen LogP) is 3.10. The largest absolute Gasteiger partial charge is 0.468 e. The van der Waals surface area contributed by atoms with Gasteiger partial charge in [-0.1, -0.05) is 30.0 Å². The van der Waals surface area contributed by atoms with E-state index in [2.05, 4.69) is 4.98 Å². The lowest BCUT2D eigenvalue weighted by atomic mass is 10.3. The van der Waals surface area contributed by atoms with Crippen LogP contribution in [-0.2, 0) is 9.53 Å². The maximum atomic E-state index is 12.8. The Morgan fingerprint density at radius 3 is 2.74 bits per heavy atom. The Morgan fingerprint density at radius 1 is 1.30 bits per heavy atom. The third-order valence-corrected chi connectivity index (χ3v) is 5.13. The van der Waals surface area contributed by atoms with E-state index in [1.807, 2.05) is 35.7 Å². The number of carbonyl (C=O) groups is 1. The number of aromatic nitrogens is 2. The van der Waals surface area contributed by atoms with E-state index in [0.29, 0.717) is 15.4 Å². The molecule has 5 nitrogen and oxygen atoms in total. The van der Waals surface area contributed by atoms with Gasteiger partial charge in [-0.05, 0) is 30.5 Å². The van der Waals surface area contributed by atoms with Crippen LogP contribution in [0.4, 0.5) is 0 Å². The van der Waals surface area contributed by atoms with Crippen molar-refractivity contribution in [3.05, 3.63) is 52.1 Å². The average molecular weight is 346 g/mol. The van der Waals surface area contributed by atoms with Crippen molar-refractivity contribution in [2.24, 2.45) is 0 Å². The first kappa shape index (κ1) is 15.8. The first-order valence-electron chi connectivity index (χ1n) is 6.92. The van der Waals surface area contributed by atoms with Crippen molar-refractivity contribution in [2.75, 3.05) is 7.11 Å². The minimum Gasteiger partial charge on any atom is -0.468 e. The summed E-state index contributed by atoms with van der Waals surface area (Å²) >= 11 is 2.62. The molecule has 2 heterocycles. The van der Waals surface area contributed by atoms with E-state index in [9.17, 15) is 9.59 Å². The fourth-order valence-corrected chi connectivity index (χ4v) is 3.91. The molecule has 0 amide bonds. The van der Waals surface area contributed by atoms with Crippen LogP contribution in [-0.4, -0.2) is 27.9 Å². The van der Waals surface area contributed by atoms with Crippen molar-refractivity contribution >= 4 is 39.3 Å². The van der Waals surface area contributed by atoms with Gasteiger partial charge in [0.25, 0.3) is 5.56 Å². The summed E-state index contributed by atoms with van der Waals surface area (Å²) in [6.07, 6.45) is 0. The molecule has 0 N–H and O–H groups in total. The number of benzene rings is 1. The Morgan fingerprint density at radius 2 is 2.04 bits per heavy atom. The van der Waals surface area contributed by atoms with Crippen LogP contribution in [0.25, 0.3) is 15.9 Å². The predicted molar refractivity (Wildman–Crippen MR) is 92.6 cm³/mol. The first-order chi connectivity index (χ1) is 11.1. The van der Waals surface area contributed by atoms with E-state index in [4.69, 9.17) is 4.74 Å². The molecule has 3 aromatic rings. The third kappa shape index (κ3) is 3.02. The number of hydrogen-bond acceptors (Lipinski definition) is 6. The number of hydrogen-bond donors (Lipinski definition) is 0. The summed E-state index contributed by atoms with van der Waals surface area (Å²) in [5, 5.41) is 2.44. The summed E-state index contributed by atoms with van der Waals surface area (Å²) in [4.78, 5) is 29.8. The van der Waals surface area contributed by atoms with Gasteiger partial charge in [-0.2, -0.15) is 0 Å². The van der Waals surface area contributed by atoms with Gasteiger partial charge in [-0.3, -0.25) is 14.2 Å². The Kier molecular flexibility index (Phi) is 4.49. The second kappa shape index (κ2) is 6.55. The highest BCUT2D eigenvalue weighted by Crippen LogP contribution is 2.27. The van der Waals surface area contributed by atoms with Crippen LogP contribution >= 0.6 is 23.1 Å². The second-order valence-corrected chi connectivity index (χ2v) is 7.00. The molecule has 0 aliphatic heterocycles. The summed E-state index contributed by atoms with van der Waals surface area (Å²) in [5.74, 6) is -0.352. The van der Waals surface area contributed by atoms with Crippen LogP contribution in [0, 0.1) is 0 Å². The summed E-state index contributed by atoms with van der Waals surface area (Å²) in [6.45, 7) is 1.73. The zero-order valence-corrected chi connectivity index (χ0v) is 14.2. The minimum absolute atomic E-state index is 0.137. The molecular formula is C16H14N2O3S2. The maximum absolute atomic E-state index is 12.8. The Balaban J connectivity index is 2.19. The molecule has 0 saturated heterocycles. The van der Waals surface area contributed by atoms with Gasteiger partial charge in [0.15, 0.2) is 5.16 Å². The van der Waals surface area contributed by atoms with E-state index < -0.39 is 5.25 Å². The van der Waals surface area contributed by atoms with Gasteiger partial charge in [0.2, 0.25) is 0 Å². The van der Waals surface area contributed by atoms with Crippen molar-refractivity contribution in [2.45, 2.75) is 17.3 Å². The molecular weight excluding hydrogens is 332 g/mol. The molecule has 0 aliphatic rings. The summed E-state index contributed by atoms with van der Waals surface area (Å²) in [5.41, 5.74) is 0.583. The molecule has 0 unspecified atom stereocenters. The van der Waals surface area contributed by atoms with Gasteiger partial charge in [0, 0.05) is 0 Å². The smallest absolute Gasteiger partial charge is 0.318 e. The third-order valence-electron chi connectivity index (χ3n) is 3.30. The summed E-state index contributed by atoms with van der Waals surface area (Å²) in [7, 11) is 1.35. The fraction of sp³-hybridized carbons (Fsp3) is 0.188. The highest BCUT2D eigenvalue weighted by molar-refractivity contribution is 8.00. The lowest BCUT2D eigenvalue weighted by Crippen LogP contribution is -2.23. The highest BCUT2D eigenvalue weighted by atomic mass is 32.2. The minimum atomic E-state index is -0.459. The molecule has 1 atom stereocenters. The quantitative estimate of drug-likeness (QED) is 0.413. The van der Waals surface area contributed by atoms with Gasteiger partial charge in [0.05, 0.1) is 18.2 Å². The Bertz CT molecular complexity index is 903. The number of thiophene rings is 1. The van der Waals surface area contributed by atoms with Crippen LogP contribution in [0.15, 0.2) is 51.7 Å². The lowest BCUT2D eigenvalue weighted by Gasteiger charge is -2.14. The van der Waals surface area contributed by atoms with Crippen LogP contribution in [0.1, 0.15) is 6.92 Å². The molecule has 2 aromatic heterocycles. The van der Waals surface area contributed by atoms with Crippen molar-refractivity contribution in [1.82, 2.24) is 9.55 Å². The molecule has 0 radical (unpaired) electrons. The molecule has 0 saturated carbocycles. The van der Waals surface area contributed by atoms with E-state index in [1.54, 1.807) is 17.6 Å². The number of methoxy groups -OCH3 is 1. The summed E-state index contributed by atoms with van der Waals surface area (Å²) in [6, 6.07) is 11.1. The molecule has 0 fully saturated rings. The van der Waals surface area contributed by atoms with E-state index in [-0.39, 0.29) is 11.5 Å². The van der Waals surface area contributed by atoms with Gasteiger partial charge >= 0.3 is 5.97 Å². The summed E-state index contributed by atoms with van der Waals surface area (Å²) < 4.78 is 6.30. The van der Waals surface area contributed by atoms with E-state index in [1.165, 1.54) is 30.2 Å². The van der Waals surface area contributed by atoms with E-state index in [0.717, 1.165) is 5.69 Å². The fourth-order valence-electron chi connectivity index (χ4n) is 2.15. The number of ether oxygens (including phenoxy) is 1. The zero-order valence-electron chi connectivity index (χ0n) is 12.6. The van der Waals surface area contributed by atoms with Crippen molar-refractivity contribution in [3.8, 4) is 5.69 Å². The zero-order chi connectivity index (χ0) is 16.4. The van der Waals surface area contributed by atoms with Crippen LogP contribution in [0.3, 0.4) is 0 Å². The molecule has 3 rings (SSSR count). The van der Waals surface area contributed by atoms with Gasteiger partial charge in [0.1, 0.15) is 10.1 Å². The van der Waals surface area contributed by atoms with Gasteiger partial charge in [-0.15, -0.1) is 11.3 Å². The lowest BCUT2D eigenvalue weighted by molar-refractivity contribution is -0.139. The topological polar surface area (TPSA) is 61.2 Å². The molecule has 118 valence electrons. The van der Waals surface area contributed by atoms with Crippen molar-refractivity contribution < 1.29 is 9.53 Å².